The van der Waals surface area contributed by atoms with E-state index in [1.54, 1.807) is 39.0 Å². The molecule has 5 heterocycles. The van der Waals surface area contributed by atoms with Gasteiger partial charge in [-0.05, 0) is 44.7 Å². The second-order valence-electron chi connectivity index (χ2n) is 8.58. The molecule has 1 N–H and O–H groups in total. The van der Waals surface area contributed by atoms with E-state index in [0.29, 0.717) is 40.2 Å². The number of carbonyl (C=O) groups is 1. The molecule has 4 aromatic heterocycles. The van der Waals surface area contributed by atoms with Crippen molar-refractivity contribution in [1.82, 2.24) is 24.5 Å². The molecule has 33 heavy (non-hydrogen) atoms. The summed E-state index contributed by atoms with van der Waals surface area (Å²) < 4.78 is 27.4. The molecule has 11 heteroatoms. The Morgan fingerprint density at radius 1 is 1.30 bits per heavy atom. The monoisotopic (exact) mass is 484 g/mol. The molecule has 0 saturated carbocycles. The summed E-state index contributed by atoms with van der Waals surface area (Å²) in [6.07, 6.45) is 2.15. The molecule has 1 aliphatic rings. The fraction of sp³-hybridized carbons (Fsp3) is 0.364. The molecule has 0 spiro atoms. The molecule has 1 saturated heterocycles. The van der Waals surface area contributed by atoms with Gasteiger partial charge in [0.2, 0.25) is 0 Å². The van der Waals surface area contributed by atoms with E-state index in [1.807, 2.05) is 38.3 Å². The van der Waals surface area contributed by atoms with Crippen molar-refractivity contribution < 1.29 is 13.2 Å². The van der Waals surface area contributed by atoms with Gasteiger partial charge in [0, 0.05) is 12.1 Å². The average molecular weight is 485 g/mol. The topological polar surface area (TPSA) is 112 Å². The van der Waals surface area contributed by atoms with Crippen LogP contribution in [0.25, 0.3) is 21.6 Å². The minimum Gasteiger partial charge on any atom is -0.307 e. The fourth-order valence-corrected chi connectivity index (χ4v) is 6.55. The third-order valence-corrected chi connectivity index (χ3v) is 8.37. The number of carbonyl (C=O) groups excluding carboxylic acids is 1. The van der Waals surface area contributed by atoms with Crippen LogP contribution < -0.4 is 5.32 Å². The van der Waals surface area contributed by atoms with Crippen LogP contribution in [0.15, 0.2) is 35.8 Å². The zero-order valence-corrected chi connectivity index (χ0v) is 20.2. The van der Waals surface area contributed by atoms with Crippen LogP contribution in [0.1, 0.15) is 48.4 Å². The van der Waals surface area contributed by atoms with E-state index in [2.05, 4.69) is 15.5 Å². The van der Waals surface area contributed by atoms with Crippen LogP contribution in [0.4, 0.5) is 5.82 Å². The number of anilines is 1. The van der Waals surface area contributed by atoms with Crippen LogP contribution >= 0.6 is 11.3 Å². The molecule has 1 atom stereocenters. The lowest BCUT2D eigenvalue weighted by Crippen LogP contribution is -2.20. The Kier molecular flexibility index (Phi) is 5.32. The SMILES string of the molecule is Cc1cc(NC(=O)c2cc(-c3cccs3)nc3c2cnn3C(C)C)n(C2CCS(=O)(=O)C2)n1. The van der Waals surface area contributed by atoms with Gasteiger partial charge in [-0.25, -0.2) is 22.8 Å². The van der Waals surface area contributed by atoms with Gasteiger partial charge in [0.1, 0.15) is 5.82 Å². The predicted octanol–water partition coefficient (Wildman–Crippen LogP) is 3.86. The predicted molar refractivity (Wildman–Crippen MR) is 128 cm³/mol. The second kappa shape index (κ2) is 8.07. The molecule has 9 nitrogen and oxygen atoms in total. The van der Waals surface area contributed by atoms with Crippen molar-refractivity contribution in [3.8, 4) is 10.6 Å². The van der Waals surface area contributed by atoms with Gasteiger partial charge in [-0.1, -0.05) is 6.07 Å². The van der Waals surface area contributed by atoms with Crippen molar-refractivity contribution in [2.75, 3.05) is 16.8 Å². The minimum absolute atomic E-state index is 0.0280. The number of amides is 1. The third kappa shape index (κ3) is 4.06. The summed E-state index contributed by atoms with van der Waals surface area (Å²) >= 11 is 1.55. The summed E-state index contributed by atoms with van der Waals surface area (Å²) in [5.41, 5.74) is 2.52. The molecule has 0 aliphatic carbocycles. The Morgan fingerprint density at radius 3 is 2.79 bits per heavy atom. The lowest BCUT2D eigenvalue weighted by atomic mass is 10.1. The summed E-state index contributed by atoms with van der Waals surface area (Å²) in [6.45, 7) is 5.85. The lowest BCUT2D eigenvalue weighted by Gasteiger charge is -2.14. The van der Waals surface area contributed by atoms with Crippen molar-refractivity contribution >= 4 is 43.9 Å². The van der Waals surface area contributed by atoms with Gasteiger partial charge < -0.3 is 5.32 Å². The number of fused-ring (bicyclic) bond motifs is 1. The normalized spacial score (nSPS) is 17.8. The number of aromatic nitrogens is 5. The summed E-state index contributed by atoms with van der Waals surface area (Å²) in [7, 11) is -3.09. The first-order valence-electron chi connectivity index (χ1n) is 10.7. The molecule has 1 amide bonds. The molecule has 0 radical (unpaired) electrons. The van der Waals surface area contributed by atoms with Crippen molar-refractivity contribution in [1.29, 1.82) is 0 Å². The van der Waals surface area contributed by atoms with E-state index in [0.717, 1.165) is 4.88 Å². The van der Waals surface area contributed by atoms with Gasteiger partial charge in [0.05, 0.1) is 51.0 Å². The van der Waals surface area contributed by atoms with Crippen LogP contribution in [-0.2, 0) is 9.84 Å². The van der Waals surface area contributed by atoms with E-state index in [-0.39, 0.29) is 29.5 Å². The average Bonchev–Trinajstić information content (AvgIpc) is 3.53. The molecular formula is C22H24N6O3S2. The highest BCUT2D eigenvalue weighted by Crippen LogP contribution is 2.31. The summed E-state index contributed by atoms with van der Waals surface area (Å²) in [5.74, 6) is 0.331. The molecule has 0 bridgehead atoms. The highest BCUT2D eigenvalue weighted by Gasteiger charge is 2.31. The standard InChI is InChI=1S/C22H24N6O3S2/c1-13(2)27-21-17(11-23-27)16(10-18(24-21)19-5-4-7-32-19)22(29)25-20-9-14(3)26-28(20)15-6-8-33(30,31)12-15/h4-5,7,9-11,13,15H,6,8,12H2,1-3H3,(H,25,29). The molecular weight excluding hydrogens is 460 g/mol. The molecule has 4 aromatic rings. The smallest absolute Gasteiger partial charge is 0.257 e. The number of rotatable bonds is 5. The second-order valence-corrected chi connectivity index (χ2v) is 11.8. The maximum absolute atomic E-state index is 13.5. The zero-order valence-electron chi connectivity index (χ0n) is 18.5. The minimum atomic E-state index is -3.09. The zero-order chi connectivity index (χ0) is 23.3. The fourth-order valence-electron chi connectivity index (χ4n) is 4.17. The summed E-state index contributed by atoms with van der Waals surface area (Å²) in [6, 6.07) is 7.25. The number of aryl methyl sites for hydroxylation is 1. The Labute approximate surface area is 195 Å². The van der Waals surface area contributed by atoms with Crippen LogP contribution in [0.3, 0.4) is 0 Å². The van der Waals surface area contributed by atoms with Crippen LogP contribution in [-0.4, -0.2) is 50.4 Å². The van der Waals surface area contributed by atoms with Gasteiger partial charge >= 0.3 is 0 Å². The van der Waals surface area contributed by atoms with Crippen LogP contribution in [0.5, 0.6) is 0 Å². The Hall–Kier alpha value is -3.05. The highest BCUT2D eigenvalue weighted by atomic mass is 32.2. The van der Waals surface area contributed by atoms with Gasteiger partial charge in [-0.3, -0.25) is 4.79 Å². The highest BCUT2D eigenvalue weighted by molar-refractivity contribution is 7.91. The van der Waals surface area contributed by atoms with Crippen LogP contribution in [0, 0.1) is 6.92 Å². The lowest BCUT2D eigenvalue weighted by molar-refractivity contribution is 0.102. The summed E-state index contributed by atoms with van der Waals surface area (Å²) in [5, 5.41) is 14.5. The summed E-state index contributed by atoms with van der Waals surface area (Å²) in [4.78, 5) is 19.3. The largest absolute Gasteiger partial charge is 0.307 e. The van der Waals surface area contributed by atoms with Crippen molar-refractivity contribution in [2.24, 2.45) is 0 Å². The number of hydrogen-bond acceptors (Lipinski definition) is 7. The van der Waals surface area contributed by atoms with Crippen molar-refractivity contribution in [3.05, 3.63) is 47.1 Å². The first-order chi connectivity index (χ1) is 15.7. The van der Waals surface area contributed by atoms with Gasteiger partial charge in [0.25, 0.3) is 5.91 Å². The molecule has 1 fully saturated rings. The van der Waals surface area contributed by atoms with Gasteiger partial charge in [-0.15, -0.1) is 11.3 Å². The maximum Gasteiger partial charge on any atom is 0.257 e. The van der Waals surface area contributed by atoms with Crippen LogP contribution in [0.2, 0.25) is 0 Å². The van der Waals surface area contributed by atoms with E-state index in [4.69, 9.17) is 4.98 Å². The van der Waals surface area contributed by atoms with Crippen molar-refractivity contribution in [3.63, 3.8) is 0 Å². The Balaban J connectivity index is 1.56. The Morgan fingerprint density at radius 2 is 2.12 bits per heavy atom. The Bertz CT molecular complexity index is 1450. The molecule has 1 aliphatic heterocycles. The van der Waals surface area contributed by atoms with E-state index in [1.165, 1.54) is 0 Å². The van der Waals surface area contributed by atoms with E-state index in [9.17, 15) is 13.2 Å². The van der Waals surface area contributed by atoms with Gasteiger partial charge in [0.15, 0.2) is 15.5 Å². The molecule has 0 aromatic carbocycles. The number of thiophene rings is 1. The molecule has 172 valence electrons. The first kappa shape index (κ1) is 21.8. The number of hydrogen-bond donors (Lipinski definition) is 1. The molecule has 1 unspecified atom stereocenters. The van der Waals surface area contributed by atoms with E-state index >= 15 is 0 Å². The number of nitrogens with zero attached hydrogens (tertiary/aromatic N) is 5. The number of sulfone groups is 1. The number of pyridine rings is 1. The third-order valence-electron chi connectivity index (χ3n) is 5.73. The number of nitrogens with one attached hydrogen (secondary N) is 1. The molecule has 5 rings (SSSR count). The van der Waals surface area contributed by atoms with E-state index < -0.39 is 9.84 Å². The van der Waals surface area contributed by atoms with Crippen molar-refractivity contribution in [2.45, 2.75) is 39.3 Å². The first-order valence-corrected chi connectivity index (χ1v) is 13.4. The quantitative estimate of drug-likeness (QED) is 0.460. The maximum atomic E-state index is 13.5. The van der Waals surface area contributed by atoms with Gasteiger partial charge in [-0.2, -0.15) is 10.2 Å².